The maximum absolute atomic E-state index is 5.43. The third kappa shape index (κ3) is 3.14. The van der Waals surface area contributed by atoms with E-state index in [2.05, 4.69) is 21.9 Å². The number of ether oxygens (including phenoxy) is 1. The molecule has 0 saturated heterocycles. The van der Waals surface area contributed by atoms with Crippen LogP contribution in [0, 0.1) is 4.77 Å². The lowest BCUT2D eigenvalue weighted by Gasteiger charge is -2.03. The molecule has 0 amide bonds. The fourth-order valence-corrected chi connectivity index (χ4v) is 1.44. The summed E-state index contributed by atoms with van der Waals surface area (Å²) in [5, 5.41) is 10.6. The SMILES string of the molecule is C=CCOc1cccc(/C=N\n2cn[nH]c2=S)c1. The Morgan fingerprint density at radius 3 is 3.17 bits per heavy atom. The van der Waals surface area contributed by atoms with Crippen molar-refractivity contribution in [2.24, 2.45) is 5.10 Å². The summed E-state index contributed by atoms with van der Waals surface area (Å²) in [7, 11) is 0. The largest absolute Gasteiger partial charge is 0.490 e. The van der Waals surface area contributed by atoms with Crippen molar-refractivity contribution in [2.45, 2.75) is 0 Å². The summed E-state index contributed by atoms with van der Waals surface area (Å²) in [4.78, 5) is 0. The summed E-state index contributed by atoms with van der Waals surface area (Å²) in [6, 6.07) is 7.59. The van der Waals surface area contributed by atoms with E-state index in [1.165, 1.54) is 11.0 Å². The molecule has 0 bridgehead atoms. The molecule has 0 unspecified atom stereocenters. The van der Waals surface area contributed by atoms with Gasteiger partial charge >= 0.3 is 0 Å². The smallest absolute Gasteiger partial charge is 0.216 e. The topological polar surface area (TPSA) is 55.2 Å². The van der Waals surface area contributed by atoms with Crippen molar-refractivity contribution in [3.05, 3.63) is 53.6 Å². The van der Waals surface area contributed by atoms with Gasteiger partial charge in [0.2, 0.25) is 4.77 Å². The molecule has 0 atom stereocenters. The van der Waals surface area contributed by atoms with Crippen LogP contribution >= 0.6 is 12.2 Å². The van der Waals surface area contributed by atoms with Crippen molar-refractivity contribution >= 4 is 18.4 Å². The van der Waals surface area contributed by atoms with Gasteiger partial charge in [-0.05, 0) is 29.9 Å². The maximum Gasteiger partial charge on any atom is 0.216 e. The van der Waals surface area contributed by atoms with Gasteiger partial charge in [0.25, 0.3) is 0 Å². The number of benzene rings is 1. The van der Waals surface area contributed by atoms with Crippen LogP contribution in [0.4, 0.5) is 0 Å². The van der Waals surface area contributed by atoms with Gasteiger partial charge in [-0.15, -0.1) is 0 Å². The van der Waals surface area contributed by atoms with E-state index in [0.29, 0.717) is 11.4 Å². The molecular formula is C12H12N4OS. The lowest BCUT2D eigenvalue weighted by Crippen LogP contribution is -1.94. The van der Waals surface area contributed by atoms with Crippen molar-refractivity contribution in [3.8, 4) is 5.75 Å². The number of hydrogen-bond acceptors (Lipinski definition) is 4. The first-order valence-corrected chi connectivity index (χ1v) is 5.70. The van der Waals surface area contributed by atoms with E-state index in [-0.39, 0.29) is 0 Å². The lowest BCUT2D eigenvalue weighted by molar-refractivity contribution is 0.363. The van der Waals surface area contributed by atoms with Crippen molar-refractivity contribution in [1.29, 1.82) is 0 Å². The molecule has 0 fully saturated rings. The Hall–Kier alpha value is -2.21. The first kappa shape index (κ1) is 12.3. The number of aromatic nitrogens is 3. The summed E-state index contributed by atoms with van der Waals surface area (Å²) in [6.45, 7) is 4.08. The second-order valence-corrected chi connectivity index (χ2v) is 3.81. The first-order chi connectivity index (χ1) is 8.79. The minimum Gasteiger partial charge on any atom is -0.490 e. The lowest BCUT2D eigenvalue weighted by atomic mass is 10.2. The molecule has 0 radical (unpaired) electrons. The molecule has 1 heterocycles. The monoisotopic (exact) mass is 260 g/mol. The average molecular weight is 260 g/mol. The van der Waals surface area contributed by atoms with Gasteiger partial charge in [-0.25, -0.2) is 0 Å². The molecule has 0 aliphatic rings. The average Bonchev–Trinajstić information content (AvgIpc) is 2.80. The van der Waals surface area contributed by atoms with Gasteiger partial charge in [-0.3, -0.25) is 5.10 Å². The van der Waals surface area contributed by atoms with E-state index < -0.39 is 0 Å². The van der Waals surface area contributed by atoms with Crippen molar-refractivity contribution in [2.75, 3.05) is 6.61 Å². The zero-order chi connectivity index (χ0) is 12.8. The molecular weight excluding hydrogens is 248 g/mol. The Labute approximate surface area is 109 Å². The normalized spacial score (nSPS) is 10.7. The summed E-state index contributed by atoms with van der Waals surface area (Å²) in [5.74, 6) is 0.773. The predicted octanol–water partition coefficient (Wildman–Crippen LogP) is 2.39. The standard InChI is InChI=1S/C12H12N4OS/c1-2-6-17-11-5-3-4-10(7-11)8-14-16-9-13-15-12(16)18/h2-5,7-9H,1,6H2,(H,15,18)/b14-8-. The van der Waals surface area contributed by atoms with Gasteiger partial charge in [0.1, 0.15) is 18.7 Å². The van der Waals surface area contributed by atoms with Crippen molar-refractivity contribution in [1.82, 2.24) is 14.9 Å². The Morgan fingerprint density at radius 2 is 2.44 bits per heavy atom. The number of H-pyrrole nitrogens is 1. The number of hydrogen-bond donors (Lipinski definition) is 1. The molecule has 0 aliphatic heterocycles. The molecule has 1 aromatic carbocycles. The highest BCUT2D eigenvalue weighted by atomic mass is 32.1. The molecule has 0 spiro atoms. The fraction of sp³-hybridized carbons (Fsp3) is 0.0833. The van der Waals surface area contributed by atoms with Gasteiger partial charge in [-0.2, -0.15) is 14.9 Å². The molecule has 18 heavy (non-hydrogen) atoms. The maximum atomic E-state index is 5.43. The number of nitrogens with zero attached hydrogens (tertiary/aromatic N) is 3. The van der Waals surface area contributed by atoms with Gasteiger partial charge in [0, 0.05) is 0 Å². The van der Waals surface area contributed by atoms with Crippen LogP contribution in [0.1, 0.15) is 5.56 Å². The molecule has 92 valence electrons. The van der Waals surface area contributed by atoms with Crippen LogP contribution in [0.2, 0.25) is 0 Å². The highest BCUT2D eigenvalue weighted by molar-refractivity contribution is 7.71. The fourth-order valence-electron chi connectivity index (χ4n) is 1.29. The zero-order valence-corrected chi connectivity index (χ0v) is 10.4. The number of aromatic amines is 1. The number of nitrogens with one attached hydrogen (secondary N) is 1. The second kappa shape index (κ2) is 5.92. The van der Waals surface area contributed by atoms with Crippen LogP contribution in [-0.4, -0.2) is 27.7 Å². The van der Waals surface area contributed by atoms with E-state index in [1.807, 2.05) is 24.3 Å². The molecule has 2 aromatic rings. The minimum atomic E-state index is 0.449. The summed E-state index contributed by atoms with van der Waals surface area (Å²) in [6.07, 6.45) is 4.90. The Balaban J connectivity index is 2.14. The van der Waals surface area contributed by atoms with Crippen LogP contribution < -0.4 is 4.74 Å². The highest BCUT2D eigenvalue weighted by Crippen LogP contribution is 2.11. The highest BCUT2D eigenvalue weighted by Gasteiger charge is 1.94. The first-order valence-electron chi connectivity index (χ1n) is 5.30. The van der Waals surface area contributed by atoms with Gasteiger partial charge in [-0.1, -0.05) is 24.8 Å². The van der Waals surface area contributed by atoms with Crippen LogP contribution in [-0.2, 0) is 0 Å². The second-order valence-electron chi connectivity index (χ2n) is 3.42. The summed E-state index contributed by atoms with van der Waals surface area (Å²) < 4.78 is 7.36. The Morgan fingerprint density at radius 1 is 1.56 bits per heavy atom. The third-order valence-corrected chi connectivity index (χ3v) is 2.37. The van der Waals surface area contributed by atoms with Gasteiger partial charge in [0.05, 0.1) is 6.21 Å². The predicted molar refractivity (Wildman–Crippen MR) is 72.5 cm³/mol. The Bertz CT molecular complexity index is 614. The molecule has 0 aliphatic carbocycles. The Kier molecular flexibility index (Phi) is 4.03. The molecule has 1 N–H and O–H groups in total. The quantitative estimate of drug-likeness (QED) is 0.510. The molecule has 0 saturated carbocycles. The van der Waals surface area contributed by atoms with Gasteiger partial charge in [0.15, 0.2) is 0 Å². The van der Waals surface area contributed by atoms with Crippen molar-refractivity contribution < 1.29 is 4.74 Å². The molecule has 1 aromatic heterocycles. The van der Waals surface area contributed by atoms with E-state index in [1.54, 1.807) is 12.3 Å². The van der Waals surface area contributed by atoms with Crippen molar-refractivity contribution in [3.63, 3.8) is 0 Å². The third-order valence-electron chi connectivity index (χ3n) is 2.09. The molecule has 2 rings (SSSR count). The van der Waals surface area contributed by atoms with Crippen LogP contribution in [0.3, 0.4) is 0 Å². The summed E-state index contributed by atoms with van der Waals surface area (Å²) in [5.41, 5.74) is 0.916. The van der Waals surface area contributed by atoms with E-state index in [9.17, 15) is 0 Å². The molecule has 6 heteroatoms. The number of rotatable bonds is 5. The van der Waals surface area contributed by atoms with Crippen LogP contribution in [0.15, 0.2) is 48.3 Å². The van der Waals surface area contributed by atoms with E-state index >= 15 is 0 Å². The van der Waals surface area contributed by atoms with E-state index in [4.69, 9.17) is 17.0 Å². The minimum absolute atomic E-state index is 0.449. The van der Waals surface area contributed by atoms with Crippen LogP contribution in [0.5, 0.6) is 5.75 Å². The molecule has 5 nitrogen and oxygen atoms in total. The van der Waals surface area contributed by atoms with Crippen LogP contribution in [0.25, 0.3) is 0 Å². The summed E-state index contributed by atoms with van der Waals surface area (Å²) >= 11 is 4.98. The van der Waals surface area contributed by atoms with E-state index in [0.717, 1.165) is 11.3 Å². The zero-order valence-electron chi connectivity index (χ0n) is 9.61. The van der Waals surface area contributed by atoms with Gasteiger partial charge < -0.3 is 4.74 Å².